The van der Waals surface area contributed by atoms with Crippen molar-refractivity contribution < 1.29 is 19.4 Å². The third-order valence-corrected chi connectivity index (χ3v) is 2.71. The Balaban J connectivity index is 4.16. The first-order valence-corrected chi connectivity index (χ1v) is 6.08. The second kappa shape index (κ2) is 8.98. The Hall–Kier alpha value is -1.10. The summed E-state index contributed by atoms with van der Waals surface area (Å²) in [5.41, 5.74) is 0. The summed E-state index contributed by atoms with van der Waals surface area (Å²) < 4.78 is 4.66. The molecule has 17 heavy (non-hydrogen) atoms. The van der Waals surface area contributed by atoms with Gasteiger partial charge in [0.2, 0.25) is 0 Å². The van der Waals surface area contributed by atoms with Crippen LogP contribution in [-0.2, 0) is 14.3 Å². The van der Waals surface area contributed by atoms with Gasteiger partial charge >= 0.3 is 11.9 Å². The smallest absolute Gasteiger partial charge is 0.322 e. The Morgan fingerprint density at radius 1 is 1.35 bits per heavy atom. The molecule has 2 atom stereocenters. The number of hydrogen-bond donors (Lipinski definition) is 2. The van der Waals surface area contributed by atoms with Crippen LogP contribution in [-0.4, -0.2) is 36.7 Å². The predicted octanol–water partition coefficient (Wildman–Crippen LogP) is 1.42. The molecule has 0 aromatic heterocycles. The number of aliphatic carboxylic acids is 1. The lowest BCUT2D eigenvalue weighted by Gasteiger charge is -2.19. The Bertz CT molecular complexity index is 243. The van der Waals surface area contributed by atoms with E-state index in [0.717, 1.165) is 12.8 Å². The topological polar surface area (TPSA) is 75.6 Å². The number of nitrogens with one attached hydrogen (secondary N) is 1. The lowest BCUT2D eigenvalue weighted by atomic mass is 9.99. The second-order valence-electron chi connectivity index (χ2n) is 4.14. The van der Waals surface area contributed by atoms with Crippen LogP contribution in [0.5, 0.6) is 0 Å². The maximum atomic E-state index is 11.3. The lowest BCUT2D eigenvalue weighted by molar-refractivity contribution is -0.143. The van der Waals surface area contributed by atoms with E-state index in [-0.39, 0.29) is 24.3 Å². The molecule has 0 rings (SSSR count). The largest absolute Gasteiger partial charge is 0.481 e. The molecule has 1 unspecified atom stereocenters. The molecule has 0 aromatic rings. The molecule has 5 heteroatoms. The highest BCUT2D eigenvalue weighted by atomic mass is 16.5. The molecule has 5 nitrogen and oxygen atoms in total. The van der Waals surface area contributed by atoms with Crippen molar-refractivity contribution in [3.8, 4) is 0 Å². The van der Waals surface area contributed by atoms with E-state index in [9.17, 15) is 9.59 Å². The summed E-state index contributed by atoms with van der Waals surface area (Å²) in [5.74, 6) is -1.02. The van der Waals surface area contributed by atoms with Crippen LogP contribution in [0, 0.1) is 5.92 Å². The molecule has 0 aliphatic carbocycles. The van der Waals surface area contributed by atoms with Crippen molar-refractivity contribution in [3.05, 3.63) is 0 Å². The summed E-state index contributed by atoms with van der Waals surface area (Å²) in [6.07, 6.45) is 2.56. The van der Waals surface area contributed by atoms with Crippen LogP contribution >= 0.6 is 0 Å². The molecular weight excluding hydrogens is 222 g/mol. The zero-order valence-corrected chi connectivity index (χ0v) is 10.9. The van der Waals surface area contributed by atoms with Gasteiger partial charge in [0.05, 0.1) is 7.11 Å². The van der Waals surface area contributed by atoms with Gasteiger partial charge in [-0.1, -0.05) is 20.3 Å². The Kier molecular flexibility index (Phi) is 8.40. The molecule has 0 fully saturated rings. The molecular formula is C12H23NO4. The lowest BCUT2D eigenvalue weighted by Crippen LogP contribution is -2.40. The first-order chi connectivity index (χ1) is 8.04. The first-order valence-electron chi connectivity index (χ1n) is 6.08. The van der Waals surface area contributed by atoms with Crippen LogP contribution in [0.3, 0.4) is 0 Å². The number of carboxylic acid groups (broad SMARTS) is 1. The molecule has 0 spiro atoms. The van der Waals surface area contributed by atoms with Crippen molar-refractivity contribution in [2.75, 3.05) is 13.7 Å². The number of esters is 1. The van der Waals surface area contributed by atoms with E-state index in [1.807, 2.05) is 13.8 Å². The number of carbonyl (C=O) groups is 2. The fourth-order valence-electron chi connectivity index (χ4n) is 1.78. The summed E-state index contributed by atoms with van der Waals surface area (Å²) in [6, 6.07) is -0.340. The van der Waals surface area contributed by atoms with Crippen molar-refractivity contribution >= 4 is 11.9 Å². The van der Waals surface area contributed by atoms with Gasteiger partial charge in [0.15, 0.2) is 0 Å². The zero-order chi connectivity index (χ0) is 13.3. The van der Waals surface area contributed by atoms with Gasteiger partial charge in [-0.3, -0.25) is 9.59 Å². The average Bonchev–Trinajstić information content (AvgIpc) is 2.28. The van der Waals surface area contributed by atoms with Gasteiger partial charge in [-0.15, -0.1) is 0 Å². The summed E-state index contributed by atoms with van der Waals surface area (Å²) in [5, 5.41) is 11.8. The van der Waals surface area contributed by atoms with Crippen LogP contribution in [0.15, 0.2) is 0 Å². The van der Waals surface area contributed by atoms with Gasteiger partial charge in [0, 0.05) is 6.42 Å². The number of ether oxygens (including phenoxy) is 1. The van der Waals surface area contributed by atoms with E-state index in [0.29, 0.717) is 13.0 Å². The molecule has 0 radical (unpaired) electrons. The van der Waals surface area contributed by atoms with Gasteiger partial charge in [-0.25, -0.2) is 0 Å². The highest BCUT2D eigenvalue weighted by molar-refractivity contribution is 5.75. The molecule has 2 N–H and O–H groups in total. The van der Waals surface area contributed by atoms with E-state index in [2.05, 4.69) is 10.1 Å². The van der Waals surface area contributed by atoms with E-state index in [1.165, 1.54) is 7.11 Å². The molecule has 0 bridgehead atoms. The Labute approximate surface area is 103 Å². The standard InChI is InChI=1S/C12H23NO4/c1-4-6-9(7-11(14)15)8-13-10(5-2)12(16)17-3/h9-10,13H,4-8H2,1-3H3,(H,14,15)/t9?,10-/m0/s1. The van der Waals surface area contributed by atoms with Gasteiger partial charge in [0.25, 0.3) is 0 Å². The van der Waals surface area contributed by atoms with Crippen molar-refractivity contribution in [1.29, 1.82) is 0 Å². The number of hydrogen-bond acceptors (Lipinski definition) is 4. The number of carboxylic acids is 1. The third-order valence-electron chi connectivity index (χ3n) is 2.71. The second-order valence-corrected chi connectivity index (χ2v) is 4.14. The zero-order valence-electron chi connectivity index (χ0n) is 10.9. The highest BCUT2D eigenvalue weighted by Crippen LogP contribution is 2.10. The normalized spacial score (nSPS) is 14.1. The van der Waals surface area contributed by atoms with Gasteiger partial charge in [-0.05, 0) is 25.3 Å². The monoisotopic (exact) mass is 245 g/mol. The minimum absolute atomic E-state index is 0.0659. The fourth-order valence-corrected chi connectivity index (χ4v) is 1.78. The Morgan fingerprint density at radius 2 is 2.00 bits per heavy atom. The minimum Gasteiger partial charge on any atom is -0.481 e. The van der Waals surface area contributed by atoms with Crippen LogP contribution < -0.4 is 5.32 Å². The summed E-state index contributed by atoms with van der Waals surface area (Å²) in [4.78, 5) is 22.0. The van der Waals surface area contributed by atoms with Gasteiger partial charge in [0.1, 0.15) is 6.04 Å². The van der Waals surface area contributed by atoms with Gasteiger partial charge in [-0.2, -0.15) is 0 Å². The van der Waals surface area contributed by atoms with Crippen molar-refractivity contribution in [2.45, 2.75) is 45.6 Å². The number of methoxy groups -OCH3 is 1. The number of carbonyl (C=O) groups excluding carboxylic acids is 1. The molecule has 0 saturated heterocycles. The molecule has 0 heterocycles. The van der Waals surface area contributed by atoms with Crippen LogP contribution in [0.1, 0.15) is 39.5 Å². The SMILES string of the molecule is CCCC(CN[C@@H](CC)C(=O)OC)CC(=O)O. The van der Waals surface area contributed by atoms with E-state index in [1.54, 1.807) is 0 Å². The molecule has 0 aliphatic heterocycles. The molecule has 0 aliphatic rings. The van der Waals surface area contributed by atoms with E-state index < -0.39 is 5.97 Å². The Morgan fingerprint density at radius 3 is 2.41 bits per heavy atom. The van der Waals surface area contributed by atoms with Crippen molar-refractivity contribution in [3.63, 3.8) is 0 Å². The molecule has 100 valence electrons. The minimum atomic E-state index is -0.795. The summed E-state index contributed by atoms with van der Waals surface area (Å²) in [6.45, 7) is 4.45. The van der Waals surface area contributed by atoms with Crippen molar-refractivity contribution in [2.24, 2.45) is 5.92 Å². The van der Waals surface area contributed by atoms with E-state index >= 15 is 0 Å². The predicted molar refractivity (Wildman–Crippen MR) is 64.7 cm³/mol. The molecule has 0 aromatic carbocycles. The fraction of sp³-hybridized carbons (Fsp3) is 0.833. The van der Waals surface area contributed by atoms with Crippen molar-refractivity contribution in [1.82, 2.24) is 5.32 Å². The maximum absolute atomic E-state index is 11.3. The average molecular weight is 245 g/mol. The third kappa shape index (κ3) is 6.94. The number of rotatable bonds is 9. The van der Waals surface area contributed by atoms with Crippen LogP contribution in [0.2, 0.25) is 0 Å². The highest BCUT2D eigenvalue weighted by Gasteiger charge is 2.19. The quantitative estimate of drug-likeness (QED) is 0.601. The molecule has 0 amide bonds. The van der Waals surface area contributed by atoms with Gasteiger partial charge < -0.3 is 15.2 Å². The summed E-state index contributed by atoms with van der Waals surface area (Å²) in [7, 11) is 1.35. The van der Waals surface area contributed by atoms with Crippen LogP contribution in [0.25, 0.3) is 0 Å². The van der Waals surface area contributed by atoms with E-state index in [4.69, 9.17) is 5.11 Å². The van der Waals surface area contributed by atoms with Crippen LogP contribution in [0.4, 0.5) is 0 Å². The molecule has 0 saturated carbocycles. The summed E-state index contributed by atoms with van der Waals surface area (Å²) >= 11 is 0. The first kappa shape index (κ1) is 15.9. The maximum Gasteiger partial charge on any atom is 0.322 e.